The third-order valence-electron chi connectivity index (χ3n) is 4.30. The van der Waals surface area contributed by atoms with Crippen molar-refractivity contribution in [2.75, 3.05) is 6.61 Å². The minimum atomic E-state index is -0.957. The highest BCUT2D eigenvalue weighted by atomic mass is 16.8. The first-order valence-electron chi connectivity index (χ1n) is 7.88. The van der Waals surface area contributed by atoms with Crippen LogP contribution in [0.3, 0.4) is 0 Å². The number of aliphatic hydroxyl groups is 1. The number of aromatic amines is 1. The van der Waals surface area contributed by atoms with Crippen LogP contribution in [-0.4, -0.2) is 51.6 Å². The van der Waals surface area contributed by atoms with E-state index < -0.39 is 41.6 Å². The molecular weight excluding hydrogens is 332 g/mol. The molecule has 3 heterocycles. The number of aromatic nitrogens is 2. The lowest BCUT2D eigenvalue weighted by atomic mass is 10.1. The van der Waals surface area contributed by atoms with Gasteiger partial charge in [0.15, 0.2) is 18.3 Å². The van der Waals surface area contributed by atoms with Gasteiger partial charge in [0.1, 0.15) is 18.3 Å². The molecule has 2 saturated heterocycles. The standard InChI is InChI=1S/C16H20N2O7/c1-4-5-9-8(6-19)13(21)17-15(22)18(9)14-12-11(10(7-20)23-14)24-16(2,3)25-12/h4,6,10-12,14,20H,1,5,7H2,2-3H3,(H,17,21,22)/t10-,11-,12-,14-/m1/s1. The zero-order chi connectivity index (χ0) is 18.4. The van der Waals surface area contributed by atoms with Gasteiger partial charge in [-0.05, 0) is 13.8 Å². The molecule has 0 radical (unpaired) electrons. The van der Waals surface area contributed by atoms with E-state index in [1.807, 2.05) is 0 Å². The van der Waals surface area contributed by atoms with Crippen LogP contribution in [0.15, 0.2) is 22.2 Å². The number of hydrogen-bond donors (Lipinski definition) is 2. The van der Waals surface area contributed by atoms with Gasteiger partial charge in [-0.3, -0.25) is 19.1 Å². The average molecular weight is 352 g/mol. The summed E-state index contributed by atoms with van der Waals surface area (Å²) in [5.74, 6) is -0.914. The maximum absolute atomic E-state index is 12.5. The minimum Gasteiger partial charge on any atom is -0.394 e. The van der Waals surface area contributed by atoms with Gasteiger partial charge in [-0.2, -0.15) is 0 Å². The molecule has 2 aliphatic heterocycles. The molecule has 1 aromatic rings. The highest BCUT2D eigenvalue weighted by molar-refractivity contribution is 5.75. The third kappa shape index (κ3) is 2.89. The van der Waals surface area contributed by atoms with Gasteiger partial charge in [-0.25, -0.2) is 4.79 Å². The molecule has 136 valence electrons. The van der Waals surface area contributed by atoms with Crippen molar-refractivity contribution in [2.45, 2.75) is 50.6 Å². The van der Waals surface area contributed by atoms with Crippen LogP contribution < -0.4 is 11.2 Å². The second-order valence-corrected chi connectivity index (χ2v) is 6.41. The Morgan fingerprint density at radius 3 is 2.60 bits per heavy atom. The molecule has 9 nitrogen and oxygen atoms in total. The Morgan fingerprint density at radius 2 is 2.00 bits per heavy atom. The van der Waals surface area contributed by atoms with Crippen molar-refractivity contribution in [2.24, 2.45) is 0 Å². The quantitative estimate of drug-likeness (QED) is 0.541. The Balaban J connectivity index is 2.16. The summed E-state index contributed by atoms with van der Waals surface area (Å²) < 4.78 is 18.5. The number of carbonyl (C=O) groups excluding carboxylic acids is 1. The molecule has 0 spiro atoms. The van der Waals surface area contributed by atoms with Crippen molar-refractivity contribution in [3.8, 4) is 0 Å². The van der Waals surface area contributed by atoms with E-state index in [1.165, 1.54) is 10.6 Å². The Kier molecular flexibility index (Phi) is 4.50. The molecule has 0 amide bonds. The summed E-state index contributed by atoms with van der Waals surface area (Å²) in [6.45, 7) is 6.70. The van der Waals surface area contributed by atoms with Gasteiger partial charge in [-0.15, -0.1) is 6.58 Å². The topological polar surface area (TPSA) is 120 Å². The van der Waals surface area contributed by atoms with Crippen LogP contribution in [-0.2, 0) is 20.6 Å². The van der Waals surface area contributed by atoms with Gasteiger partial charge < -0.3 is 19.3 Å². The monoisotopic (exact) mass is 352 g/mol. The zero-order valence-corrected chi connectivity index (χ0v) is 13.9. The number of H-pyrrole nitrogens is 1. The first kappa shape index (κ1) is 17.7. The third-order valence-corrected chi connectivity index (χ3v) is 4.30. The largest absolute Gasteiger partial charge is 0.394 e. The van der Waals surface area contributed by atoms with E-state index in [0.717, 1.165) is 0 Å². The van der Waals surface area contributed by atoms with E-state index in [4.69, 9.17) is 14.2 Å². The average Bonchev–Trinajstić information content (AvgIpc) is 3.01. The highest BCUT2D eigenvalue weighted by Gasteiger charge is 2.56. The summed E-state index contributed by atoms with van der Waals surface area (Å²) in [5, 5.41) is 9.56. The fourth-order valence-electron chi connectivity index (χ4n) is 3.36. The van der Waals surface area contributed by atoms with Crippen LogP contribution in [0.4, 0.5) is 0 Å². The predicted molar refractivity (Wildman–Crippen MR) is 85.4 cm³/mol. The molecule has 2 fully saturated rings. The SMILES string of the molecule is C=CCc1c(C=O)c(=O)[nH]c(=O)n1[C@@H]1O[C@H](CO)[C@H]2OC(C)(C)O[C@H]21. The van der Waals surface area contributed by atoms with Crippen LogP contribution in [0.1, 0.15) is 36.1 Å². The summed E-state index contributed by atoms with van der Waals surface area (Å²) in [6, 6.07) is 0. The van der Waals surface area contributed by atoms with E-state index in [9.17, 15) is 19.5 Å². The van der Waals surface area contributed by atoms with Crippen LogP contribution >= 0.6 is 0 Å². The van der Waals surface area contributed by atoms with E-state index >= 15 is 0 Å². The number of ether oxygens (including phenoxy) is 3. The Bertz CT molecular complexity index is 810. The Labute approximate surface area is 142 Å². The van der Waals surface area contributed by atoms with Gasteiger partial charge in [-0.1, -0.05) is 6.08 Å². The normalized spacial score (nSPS) is 30.2. The number of rotatable bonds is 5. The number of aldehydes is 1. The number of carbonyl (C=O) groups is 1. The molecule has 0 bridgehead atoms. The van der Waals surface area contributed by atoms with Gasteiger partial charge in [0, 0.05) is 12.1 Å². The summed E-state index contributed by atoms with van der Waals surface area (Å²) >= 11 is 0. The van der Waals surface area contributed by atoms with E-state index in [-0.39, 0.29) is 24.3 Å². The molecule has 3 rings (SSSR count). The van der Waals surface area contributed by atoms with Crippen molar-refractivity contribution >= 4 is 6.29 Å². The van der Waals surface area contributed by atoms with Crippen LogP contribution in [0.5, 0.6) is 0 Å². The van der Waals surface area contributed by atoms with Crippen LogP contribution in [0, 0.1) is 0 Å². The lowest BCUT2D eigenvalue weighted by Crippen LogP contribution is -2.41. The highest BCUT2D eigenvalue weighted by Crippen LogP contribution is 2.42. The number of aliphatic hydroxyl groups excluding tert-OH is 1. The number of nitrogens with zero attached hydrogens (tertiary/aromatic N) is 1. The molecule has 4 atom stereocenters. The Morgan fingerprint density at radius 1 is 1.32 bits per heavy atom. The van der Waals surface area contributed by atoms with Crippen molar-refractivity contribution in [1.29, 1.82) is 0 Å². The second kappa shape index (κ2) is 6.34. The summed E-state index contributed by atoms with van der Waals surface area (Å²) in [7, 11) is 0. The van der Waals surface area contributed by atoms with E-state index in [2.05, 4.69) is 11.6 Å². The first-order valence-corrected chi connectivity index (χ1v) is 7.88. The summed E-state index contributed by atoms with van der Waals surface area (Å²) in [6.07, 6.45) is -0.950. The fourth-order valence-corrected chi connectivity index (χ4v) is 3.36. The molecule has 1 aromatic heterocycles. The molecule has 0 aromatic carbocycles. The number of fused-ring (bicyclic) bond motifs is 1. The minimum absolute atomic E-state index is 0.110. The van der Waals surface area contributed by atoms with Gasteiger partial charge in [0.05, 0.1) is 12.2 Å². The Hall–Kier alpha value is -2.07. The second-order valence-electron chi connectivity index (χ2n) is 6.41. The van der Waals surface area contributed by atoms with E-state index in [0.29, 0.717) is 6.29 Å². The molecule has 2 aliphatic rings. The van der Waals surface area contributed by atoms with E-state index in [1.54, 1.807) is 13.8 Å². The first-order chi connectivity index (χ1) is 11.8. The van der Waals surface area contributed by atoms with Crippen molar-refractivity contribution in [3.63, 3.8) is 0 Å². The van der Waals surface area contributed by atoms with Gasteiger partial charge >= 0.3 is 5.69 Å². The maximum Gasteiger partial charge on any atom is 0.330 e. The number of allylic oxidation sites excluding steroid dienone is 1. The molecule has 2 N–H and O–H groups in total. The van der Waals surface area contributed by atoms with Crippen molar-refractivity contribution in [3.05, 3.63) is 44.8 Å². The van der Waals surface area contributed by atoms with Crippen LogP contribution in [0.25, 0.3) is 0 Å². The summed E-state index contributed by atoms with van der Waals surface area (Å²) in [5.41, 5.74) is -1.51. The van der Waals surface area contributed by atoms with Gasteiger partial charge in [0.2, 0.25) is 0 Å². The molecule has 0 unspecified atom stereocenters. The van der Waals surface area contributed by atoms with Crippen molar-refractivity contribution in [1.82, 2.24) is 9.55 Å². The molecule has 9 heteroatoms. The van der Waals surface area contributed by atoms with Crippen LogP contribution in [0.2, 0.25) is 0 Å². The zero-order valence-electron chi connectivity index (χ0n) is 13.9. The molecule has 25 heavy (non-hydrogen) atoms. The smallest absolute Gasteiger partial charge is 0.330 e. The molecule has 0 saturated carbocycles. The summed E-state index contributed by atoms with van der Waals surface area (Å²) in [4.78, 5) is 37.8. The number of hydrogen-bond acceptors (Lipinski definition) is 7. The lowest BCUT2D eigenvalue weighted by molar-refractivity contribution is -0.200. The lowest BCUT2D eigenvalue weighted by Gasteiger charge is -2.26. The fraction of sp³-hybridized carbons (Fsp3) is 0.562. The van der Waals surface area contributed by atoms with Crippen molar-refractivity contribution < 1.29 is 24.1 Å². The maximum atomic E-state index is 12.5. The molecular formula is C16H20N2O7. The predicted octanol–water partition coefficient (Wildman–Crippen LogP) is -0.513. The molecule has 0 aliphatic carbocycles. The number of nitrogens with one attached hydrogen (secondary N) is 1. The van der Waals surface area contributed by atoms with Gasteiger partial charge in [0.25, 0.3) is 5.56 Å².